The molecule has 25 heavy (non-hydrogen) atoms. The van der Waals surface area contributed by atoms with Crippen molar-refractivity contribution in [3.63, 3.8) is 0 Å². The van der Waals surface area contributed by atoms with Crippen molar-refractivity contribution in [2.75, 3.05) is 6.54 Å². The van der Waals surface area contributed by atoms with Crippen molar-refractivity contribution < 1.29 is 14.3 Å². The molecule has 1 atom stereocenters. The topological polar surface area (TPSA) is 78.0 Å². The monoisotopic (exact) mass is 339 g/mol. The molecule has 5 nitrogen and oxygen atoms in total. The Morgan fingerprint density at radius 2 is 1.88 bits per heavy atom. The summed E-state index contributed by atoms with van der Waals surface area (Å²) in [7, 11) is 0. The maximum Gasteiger partial charge on any atom is 0.269 e. The zero-order valence-corrected chi connectivity index (χ0v) is 13.7. The summed E-state index contributed by atoms with van der Waals surface area (Å²) in [5.41, 5.74) is 1.04. The molecule has 0 aliphatic carbocycles. The lowest BCUT2D eigenvalue weighted by Gasteiger charge is -2.24. The normalized spacial score (nSPS) is 13.2. The average Bonchev–Trinajstić information content (AvgIpc) is 3.11. The van der Waals surface area contributed by atoms with Gasteiger partial charge in [0.25, 0.3) is 5.91 Å². The van der Waals surface area contributed by atoms with Gasteiger partial charge >= 0.3 is 0 Å². The summed E-state index contributed by atoms with van der Waals surface area (Å²) >= 11 is 0. The molecule has 1 heterocycles. The second-order valence-corrected chi connectivity index (χ2v) is 6.00. The first-order chi connectivity index (χ1) is 12.0. The van der Waals surface area contributed by atoms with Gasteiger partial charge in [0.2, 0.25) is 0 Å². The number of hydrogen-bond donors (Lipinski definition) is 3. The van der Waals surface area contributed by atoms with Gasteiger partial charge in [-0.1, -0.05) is 30.3 Å². The fourth-order valence-electron chi connectivity index (χ4n) is 2.45. The van der Waals surface area contributed by atoms with Crippen LogP contribution in [-0.2, 0) is 5.60 Å². The maximum absolute atomic E-state index is 13.0. The number of amides is 1. The number of aromatic nitrogens is 2. The van der Waals surface area contributed by atoms with Crippen molar-refractivity contribution in [2.45, 2.75) is 12.5 Å². The molecule has 0 fully saturated rings. The van der Waals surface area contributed by atoms with Crippen molar-refractivity contribution in [3.05, 3.63) is 77.7 Å². The number of benzene rings is 2. The van der Waals surface area contributed by atoms with Crippen LogP contribution in [0.1, 0.15) is 23.0 Å². The molecule has 0 saturated heterocycles. The van der Waals surface area contributed by atoms with Crippen molar-refractivity contribution in [3.8, 4) is 11.3 Å². The minimum absolute atomic E-state index is 0.0563. The first kappa shape index (κ1) is 16.9. The molecule has 0 aliphatic heterocycles. The van der Waals surface area contributed by atoms with Crippen LogP contribution in [0.3, 0.4) is 0 Å². The van der Waals surface area contributed by atoms with E-state index in [4.69, 9.17) is 0 Å². The van der Waals surface area contributed by atoms with E-state index in [1.807, 2.05) is 18.2 Å². The molecular formula is C19H18FN3O2. The van der Waals surface area contributed by atoms with Crippen LogP contribution in [-0.4, -0.2) is 27.8 Å². The Kier molecular flexibility index (Phi) is 4.63. The van der Waals surface area contributed by atoms with Crippen LogP contribution >= 0.6 is 0 Å². The number of aliphatic hydroxyl groups is 1. The van der Waals surface area contributed by atoms with E-state index >= 15 is 0 Å². The highest BCUT2D eigenvalue weighted by Gasteiger charge is 2.24. The van der Waals surface area contributed by atoms with Crippen molar-refractivity contribution >= 4 is 5.91 Å². The zero-order chi connectivity index (χ0) is 17.9. The third-order valence-corrected chi connectivity index (χ3v) is 3.95. The Morgan fingerprint density at radius 1 is 1.20 bits per heavy atom. The first-order valence-electron chi connectivity index (χ1n) is 7.83. The Labute approximate surface area is 144 Å². The number of rotatable bonds is 5. The predicted octanol–water partition coefficient (Wildman–Crippen LogP) is 2.85. The van der Waals surface area contributed by atoms with Crippen LogP contribution < -0.4 is 5.32 Å². The molecule has 0 aliphatic rings. The van der Waals surface area contributed by atoms with Gasteiger partial charge in [0.15, 0.2) is 0 Å². The largest absolute Gasteiger partial charge is 0.384 e. The first-order valence-corrected chi connectivity index (χ1v) is 7.83. The maximum atomic E-state index is 13.0. The van der Waals surface area contributed by atoms with E-state index in [1.165, 1.54) is 12.1 Å². The number of H-pyrrole nitrogens is 1. The number of nitrogens with one attached hydrogen (secondary N) is 2. The predicted molar refractivity (Wildman–Crippen MR) is 92.3 cm³/mol. The van der Waals surface area contributed by atoms with E-state index in [1.54, 1.807) is 37.3 Å². The number of carbonyl (C=O) groups is 1. The molecule has 0 spiro atoms. The molecule has 0 radical (unpaired) electrons. The summed E-state index contributed by atoms with van der Waals surface area (Å²) in [6.07, 6.45) is 0. The summed E-state index contributed by atoms with van der Waals surface area (Å²) in [5, 5.41) is 19.9. The van der Waals surface area contributed by atoms with Crippen molar-refractivity contribution in [1.29, 1.82) is 0 Å². The molecular weight excluding hydrogens is 321 g/mol. The second kappa shape index (κ2) is 6.86. The number of nitrogens with zero attached hydrogens (tertiary/aromatic N) is 1. The van der Waals surface area contributed by atoms with Crippen molar-refractivity contribution in [1.82, 2.24) is 15.5 Å². The Balaban J connectivity index is 1.67. The van der Waals surface area contributed by atoms with E-state index < -0.39 is 5.60 Å². The number of halogens is 1. The highest BCUT2D eigenvalue weighted by Crippen LogP contribution is 2.20. The summed E-state index contributed by atoms with van der Waals surface area (Å²) in [6, 6.07) is 16.6. The van der Waals surface area contributed by atoms with Gasteiger partial charge < -0.3 is 10.4 Å². The number of hydrogen-bond acceptors (Lipinski definition) is 3. The van der Waals surface area contributed by atoms with Gasteiger partial charge in [-0.25, -0.2) is 4.39 Å². The van der Waals surface area contributed by atoms with E-state index in [0.29, 0.717) is 16.8 Å². The molecule has 2 aromatic carbocycles. The Hall–Kier alpha value is -2.99. The van der Waals surface area contributed by atoms with Crippen molar-refractivity contribution in [2.24, 2.45) is 0 Å². The van der Waals surface area contributed by atoms with Gasteiger partial charge in [-0.2, -0.15) is 5.10 Å². The van der Waals surface area contributed by atoms with E-state index in [9.17, 15) is 14.3 Å². The zero-order valence-electron chi connectivity index (χ0n) is 13.7. The molecule has 0 bridgehead atoms. The van der Waals surface area contributed by atoms with Gasteiger partial charge in [-0.05, 0) is 42.8 Å². The average molecular weight is 339 g/mol. The third-order valence-electron chi connectivity index (χ3n) is 3.95. The molecule has 1 amide bonds. The van der Waals surface area contributed by atoms with Gasteiger partial charge in [-0.15, -0.1) is 0 Å². The Bertz CT molecular complexity index is 858. The van der Waals surface area contributed by atoms with Crippen LogP contribution in [0.25, 0.3) is 11.3 Å². The van der Waals surface area contributed by atoms with Crippen LogP contribution in [0.4, 0.5) is 4.39 Å². The van der Waals surface area contributed by atoms with Crippen LogP contribution in [0.5, 0.6) is 0 Å². The lowest BCUT2D eigenvalue weighted by atomic mass is 9.96. The van der Waals surface area contributed by atoms with E-state index in [0.717, 1.165) is 0 Å². The molecule has 1 unspecified atom stereocenters. The SMILES string of the molecule is CC(O)(CNC(=O)c1cc(-c2ccc(F)cc2)n[nH]1)c1ccccc1. The van der Waals surface area contributed by atoms with E-state index in [2.05, 4.69) is 15.5 Å². The van der Waals surface area contributed by atoms with Gasteiger partial charge in [0.05, 0.1) is 12.2 Å². The quantitative estimate of drug-likeness (QED) is 0.669. The third kappa shape index (κ3) is 3.92. The summed E-state index contributed by atoms with van der Waals surface area (Å²) in [4.78, 5) is 12.3. The molecule has 0 saturated carbocycles. The summed E-state index contributed by atoms with van der Waals surface area (Å²) in [6.45, 7) is 1.69. The second-order valence-electron chi connectivity index (χ2n) is 6.00. The highest BCUT2D eigenvalue weighted by atomic mass is 19.1. The molecule has 6 heteroatoms. The van der Waals surface area contributed by atoms with Crippen LogP contribution in [0.2, 0.25) is 0 Å². The Morgan fingerprint density at radius 3 is 2.56 bits per heavy atom. The lowest BCUT2D eigenvalue weighted by molar-refractivity contribution is 0.0525. The highest BCUT2D eigenvalue weighted by molar-refractivity contribution is 5.93. The molecule has 1 aromatic heterocycles. The molecule has 3 N–H and O–H groups in total. The van der Waals surface area contributed by atoms with Gasteiger partial charge in [0.1, 0.15) is 17.1 Å². The van der Waals surface area contributed by atoms with E-state index in [-0.39, 0.29) is 24.0 Å². The number of aromatic amines is 1. The van der Waals surface area contributed by atoms with Gasteiger partial charge in [0, 0.05) is 5.56 Å². The smallest absolute Gasteiger partial charge is 0.269 e. The summed E-state index contributed by atoms with van der Waals surface area (Å²) in [5.74, 6) is -0.711. The molecule has 3 rings (SSSR count). The lowest BCUT2D eigenvalue weighted by Crippen LogP contribution is -2.38. The van der Waals surface area contributed by atoms with Gasteiger partial charge in [-0.3, -0.25) is 9.89 Å². The standard InChI is InChI=1S/C19H18FN3O2/c1-19(25,14-5-3-2-4-6-14)12-21-18(24)17-11-16(22-23-17)13-7-9-15(20)10-8-13/h2-11,25H,12H2,1H3,(H,21,24)(H,22,23). The fourth-order valence-corrected chi connectivity index (χ4v) is 2.45. The van der Waals surface area contributed by atoms with Crippen LogP contribution in [0, 0.1) is 5.82 Å². The van der Waals surface area contributed by atoms with Crippen LogP contribution in [0.15, 0.2) is 60.7 Å². The fraction of sp³-hybridized carbons (Fsp3) is 0.158. The minimum atomic E-state index is -1.18. The summed E-state index contributed by atoms with van der Waals surface area (Å²) < 4.78 is 13.0. The number of carbonyl (C=O) groups excluding carboxylic acids is 1. The molecule has 128 valence electrons. The molecule has 3 aromatic rings. The minimum Gasteiger partial charge on any atom is -0.384 e.